The first-order valence-corrected chi connectivity index (χ1v) is 6.38. The van der Waals surface area contributed by atoms with Gasteiger partial charge in [0.05, 0.1) is 12.6 Å². The maximum atomic E-state index is 13.1. The van der Waals surface area contributed by atoms with Crippen molar-refractivity contribution >= 4 is 17.5 Å². The van der Waals surface area contributed by atoms with Gasteiger partial charge in [-0.15, -0.1) is 0 Å². The summed E-state index contributed by atoms with van der Waals surface area (Å²) in [5, 5.41) is 2.48. The molecule has 0 aromatic heterocycles. The molecule has 5 nitrogen and oxygen atoms in total. The lowest BCUT2D eigenvalue weighted by Gasteiger charge is -2.19. The number of likely N-dealkylation sites (N-methyl/N-ethyl adjacent to an activating group) is 1. The van der Waals surface area contributed by atoms with E-state index in [1.165, 1.54) is 30.1 Å². The average molecular weight is 281 g/mol. The van der Waals surface area contributed by atoms with Crippen molar-refractivity contribution in [1.82, 2.24) is 5.32 Å². The number of nitrogens with zero attached hydrogens (tertiary/aromatic N) is 1. The van der Waals surface area contributed by atoms with Gasteiger partial charge in [0.15, 0.2) is 0 Å². The molecule has 0 aliphatic rings. The predicted octanol–water partition coefficient (Wildman–Crippen LogP) is 0.888. The Morgan fingerprint density at radius 2 is 2.05 bits per heavy atom. The van der Waals surface area contributed by atoms with Crippen molar-refractivity contribution in [1.29, 1.82) is 0 Å². The quantitative estimate of drug-likeness (QED) is 0.841. The Labute approximate surface area is 117 Å². The molecule has 1 aromatic rings. The summed E-state index contributed by atoms with van der Waals surface area (Å²) in [4.78, 5) is 24.8. The Morgan fingerprint density at radius 3 is 2.60 bits per heavy atom. The summed E-state index contributed by atoms with van der Waals surface area (Å²) in [5.74, 6) is -1.15. The SMILES string of the molecule is CC(C)[C@H](N)C(=O)NCC(=O)N(C)c1cccc(F)c1. The van der Waals surface area contributed by atoms with Gasteiger partial charge in [-0.1, -0.05) is 19.9 Å². The summed E-state index contributed by atoms with van der Waals surface area (Å²) >= 11 is 0. The third-order valence-corrected chi connectivity index (χ3v) is 3.00. The topological polar surface area (TPSA) is 75.4 Å². The minimum atomic E-state index is -0.651. The second-order valence-corrected chi connectivity index (χ2v) is 4.92. The first-order chi connectivity index (χ1) is 9.32. The van der Waals surface area contributed by atoms with Crippen LogP contribution in [-0.2, 0) is 9.59 Å². The van der Waals surface area contributed by atoms with Crippen molar-refractivity contribution < 1.29 is 14.0 Å². The lowest BCUT2D eigenvalue weighted by Crippen LogP contribution is -2.47. The van der Waals surface area contributed by atoms with Crippen LogP contribution in [-0.4, -0.2) is 31.4 Å². The molecule has 1 atom stereocenters. The number of hydrogen-bond acceptors (Lipinski definition) is 3. The molecule has 0 spiro atoms. The van der Waals surface area contributed by atoms with Crippen molar-refractivity contribution in [2.45, 2.75) is 19.9 Å². The van der Waals surface area contributed by atoms with Gasteiger partial charge in [0.2, 0.25) is 11.8 Å². The first kappa shape index (κ1) is 16.1. The van der Waals surface area contributed by atoms with Crippen LogP contribution in [0.2, 0.25) is 0 Å². The van der Waals surface area contributed by atoms with Gasteiger partial charge in [0.25, 0.3) is 0 Å². The van der Waals surface area contributed by atoms with Gasteiger partial charge in [-0.3, -0.25) is 9.59 Å². The predicted molar refractivity (Wildman–Crippen MR) is 75.6 cm³/mol. The van der Waals surface area contributed by atoms with E-state index in [4.69, 9.17) is 5.73 Å². The molecule has 6 heteroatoms. The Hall–Kier alpha value is -1.95. The summed E-state index contributed by atoms with van der Waals surface area (Å²) in [6.07, 6.45) is 0. The van der Waals surface area contributed by atoms with Crippen LogP contribution in [0.4, 0.5) is 10.1 Å². The van der Waals surface area contributed by atoms with Crippen LogP contribution in [0.25, 0.3) is 0 Å². The van der Waals surface area contributed by atoms with Crippen LogP contribution in [0.1, 0.15) is 13.8 Å². The summed E-state index contributed by atoms with van der Waals surface area (Å²) in [6.45, 7) is 3.47. The molecule has 0 aliphatic carbocycles. The zero-order valence-electron chi connectivity index (χ0n) is 11.9. The fourth-order valence-corrected chi connectivity index (χ4v) is 1.53. The van der Waals surface area contributed by atoms with E-state index >= 15 is 0 Å². The Kier molecular flexibility index (Phi) is 5.64. The number of nitrogens with one attached hydrogen (secondary N) is 1. The molecule has 0 heterocycles. The second kappa shape index (κ2) is 7.00. The number of hydrogen-bond donors (Lipinski definition) is 2. The summed E-state index contributed by atoms with van der Waals surface area (Å²) in [7, 11) is 1.52. The molecule has 0 bridgehead atoms. The third-order valence-electron chi connectivity index (χ3n) is 3.00. The molecule has 1 rings (SSSR count). The molecule has 0 fully saturated rings. The summed E-state index contributed by atoms with van der Waals surface area (Å²) < 4.78 is 13.1. The van der Waals surface area contributed by atoms with E-state index in [2.05, 4.69) is 5.32 Å². The molecule has 0 aliphatic heterocycles. The van der Waals surface area contributed by atoms with Gasteiger partial charge in [-0.25, -0.2) is 4.39 Å². The van der Waals surface area contributed by atoms with Crippen LogP contribution in [0.3, 0.4) is 0 Å². The zero-order valence-corrected chi connectivity index (χ0v) is 11.9. The highest BCUT2D eigenvalue weighted by molar-refractivity contribution is 5.96. The zero-order chi connectivity index (χ0) is 15.3. The number of nitrogens with two attached hydrogens (primary N) is 1. The van der Waals surface area contributed by atoms with E-state index in [1.54, 1.807) is 6.07 Å². The van der Waals surface area contributed by atoms with E-state index in [9.17, 15) is 14.0 Å². The Balaban J connectivity index is 2.57. The first-order valence-electron chi connectivity index (χ1n) is 6.38. The van der Waals surface area contributed by atoms with Gasteiger partial charge in [-0.2, -0.15) is 0 Å². The van der Waals surface area contributed by atoms with Gasteiger partial charge < -0.3 is 16.0 Å². The van der Waals surface area contributed by atoms with Crippen molar-refractivity contribution in [2.24, 2.45) is 11.7 Å². The second-order valence-electron chi connectivity index (χ2n) is 4.92. The minimum Gasteiger partial charge on any atom is -0.346 e. The largest absolute Gasteiger partial charge is 0.346 e. The molecule has 110 valence electrons. The van der Waals surface area contributed by atoms with Crippen LogP contribution >= 0.6 is 0 Å². The van der Waals surface area contributed by atoms with Gasteiger partial charge in [0, 0.05) is 12.7 Å². The number of benzene rings is 1. The molecule has 20 heavy (non-hydrogen) atoms. The molecule has 0 saturated carbocycles. The van der Waals surface area contributed by atoms with Crippen LogP contribution in [0.5, 0.6) is 0 Å². The highest BCUT2D eigenvalue weighted by Crippen LogP contribution is 2.13. The third kappa shape index (κ3) is 4.31. The molecule has 0 radical (unpaired) electrons. The molecule has 2 amide bonds. The normalized spacial score (nSPS) is 12.1. The lowest BCUT2D eigenvalue weighted by atomic mass is 10.1. The summed E-state index contributed by atoms with van der Waals surface area (Å²) in [5.41, 5.74) is 6.09. The van der Waals surface area contributed by atoms with Gasteiger partial charge >= 0.3 is 0 Å². The Bertz CT molecular complexity index is 491. The smallest absolute Gasteiger partial charge is 0.246 e. The van der Waals surface area contributed by atoms with Crippen LogP contribution in [0, 0.1) is 11.7 Å². The monoisotopic (exact) mass is 281 g/mol. The number of amides is 2. The summed E-state index contributed by atoms with van der Waals surface area (Å²) in [6, 6.07) is 5.03. The number of carbonyl (C=O) groups excluding carboxylic acids is 2. The fourth-order valence-electron chi connectivity index (χ4n) is 1.53. The highest BCUT2D eigenvalue weighted by Gasteiger charge is 2.19. The van der Waals surface area contributed by atoms with Crippen LogP contribution in [0.15, 0.2) is 24.3 Å². The molecular weight excluding hydrogens is 261 g/mol. The standard InChI is InChI=1S/C14H20FN3O2/c1-9(2)13(16)14(20)17-8-12(19)18(3)11-6-4-5-10(15)7-11/h4-7,9,13H,8,16H2,1-3H3,(H,17,20)/t13-/m0/s1. The lowest BCUT2D eigenvalue weighted by molar-refractivity contribution is -0.126. The molecule has 0 saturated heterocycles. The van der Waals surface area contributed by atoms with Crippen molar-refractivity contribution in [3.05, 3.63) is 30.1 Å². The van der Waals surface area contributed by atoms with Gasteiger partial charge in [0.1, 0.15) is 5.82 Å². The number of rotatable bonds is 5. The van der Waals surface area contributed by atoms with Crippen molar-refractivity contribution in [3.8, 4) is 0 Å². The molecule has 3 N–H and O–H groups in total. The van der Waals surface area contributed by atoms with E-state index in [0.717, 1.165) is 0 Å². The maximum Gasteiger partial charge on any atom is 0.246 e. The van der Waals surface area contributed by atoms with E-state index in [1.807, 2.05) is 13.8 Å². The fraction of sp³-hybridized carbons (Fsp3) is 0.429. The number of anilines is 1. The minimum absolute atomic E-state index is 0.00829. The van der Waals surface area contributed by atoms with Crippen molar-refractivity contribution in [3.63, 3.8) is 0 Å². The number of halogens is 1. The highest BCUT2D eigenvalue weighted by atomic mass is 19.1. The average Bonchev–Trinajstić information content (AvgIpc) is 2.42. The van der Waals surface area contributed by atoms with Crippen LogP contribution < -0.4 is 16.0 Å². The van der Waals surface area contributed by atoms with Gasteiger partial charge in [-0.05, 0) is 24.1 Å². The molecule has 0 unspecified atom stereocenters. The van der Waals surface area contributed by atoms with E-state index in [-0.39, 0.29) is 24.3 Å². The Morgan fingerprint density at radius 1 is 1.40 bits per heavy atom. The number of carbonyl (C=O) groups is 2. The van der Waals surface area contributed by atoms with Crippen molar-refractivity contribution in [2.75, 3.05) is 18.5 Å². The van der Waals surface area contributed by atoms with E-state index < -0.39 is 11.9 Å². The molecular formula is C14H20FN3O2. The van der Waals surface area contributed by atoms with E-state index in [0.29, 0.717) is 5.69 Å². The molecule has 1 aromatic carbocycles. The maximum absolute atomic E-state index is 13.1.